The molecule has 0 amide bonds. The van der Waals surface area contributed by atoms with Crippen molar-refractivity contribution in [2.75, 3.05) is 18.1 Å². The van der Waals surface area contributed by atoms with Gasteiger partial charge in [-0.3, -0.25) is 9.58 Å². The maximum absolute atomic E-state index is 12.0. The van der Waals surface area contributed by atoms with E-state index in [-0.39, 0.29) is 17.5 Å². The van der Waals surface area contributed by atoms with E-state index in [4.69, 9.17) is 4.52 Å². The average Bonchev–Trinajstić information content (AvgIpc) is 3.09. The highest BCUT2D eigenvalue weighted by atomic mass is 32.2. The van der Waals surface area contributed by atoms with Crippen molar-refractivity contribution in [3.63, 3.8) is 0 Å². The minimum atomic E-state index is -3.02. The van der Waals surface area contributed by atoms with Crippen LogP contribution in [0.1, 0.15) is 30.0 Å². The summed E-state index contributed by atoms with van der Waals surface area (Å²) in [5.41, 5.74) is 1.76. The molecular formula is C14H20N4O3S. The fourth-order valence-corrected chi connectivity index (χ4v) is 4.33. The highest BCUT2D eigenvalue weighted by Gasteiger charge is 2.33. The number of nitrogens with zero attached hydrogens (tertiary/aromatic N) is 4. The van der Waals surface area contributed by atoms with Crippen molar-refractivity contribution in [3.8, 4) is 0 Å². The molecule has 0 aliphatic carbocycles. The Hall–Kier alpha value is -1.67. The van der Waals surface area contributed by atoms with Gasteiger partial charge in [0.1, 0.15) is 5.76 Å². The fourth-order valence-electron chi connectivity index (χ4n) is 2.76. The Labute approximate surface area is 129 Å². The molecule has 1 atom stereocenters. The average molecular weight is 324 g/mol. The molecule has 1 unspecified atom stereocenters. The number of rotatable bonds is 4. The van der Waals surface area contributed by atoms with Crippen molar-refractivity contribution < 1.29 is 12.9 Å². The normalized spacial score (nSPS) is 22.0. The molecule has 7 nitrogen and oxygen atoms in total. The summed E-state index contributed by atoms with van der Waals surface area (Å²) in [6.45, 7) is 5.69. The molecule has 1 saturated heterocycles. The van der Waals surface area contributed by atoms with Gasteiger partial charge >= 0.3 is 0 Å². The van der Waals surface area contributed by atoms with Gasteiger partial charge in [0.15, 0.2) is 9.84 Å². The summed E-state index contributed by atoms with van der Waals surface area (Å²) >= 11 is 0. The molecule has 0 aromatic carbocycles. The van der Waals surface area contributed by atoms with Crippen molar-refractivity contribution in [1.29, 1.82) is 0 Å². The molecule has 0 bridgehead atoms. The van der Waals surface area contributed by atoms with E-state index in [0.717, 1.165) is 23.6 Å². The van der Waals surface area contributed by atoms with Crippen LogP contribution in [-0.2, 0) is 22.9 Å². The van der Waals surface area contributed by atoms with Gasteiger partial charge in [-0.2, -0.15) is 5.10 Å². The summed E-state index contributed by atoms with van der Waals surface area (Å²) in [5.74, 6) is 1.07. The highest BCUT2D eigenvalue weighted by Crippen LogP contribution is 2.28. The van der Waals surface area contributed by atoms with Crippen LogP contribution in [0, 0.1) is 6.92 Å². The number of sulfone groups is 1. The maximum Gasteiger partial charge on any atom is 0.153 e. The molecule has 1 aliphatic rings. The number of hydrogen-bond acceptors (Lipinski definition) is 6. The second-order valence-electron chi connectivity index (χ2n) is 5.66. The van der Waals surface area contributed by atoms with Crippen LogP contribution in [0.2, 0.25) is 0 Å². The number of aryl methyl sites for hydroxylation is 2. The quantitative estimate of drug-likeness (QED) is 0.840. The fraction of sp³-hybridized carbons (Fsp3) is 0.571. The molecule has 1 fully saturated rings. The Balaban J connectivity index is 1.85. The van der Waals surface area contributed by atoms with Crippen LogP contribution in [-0.4, -0.2) is 46.3 Å². The van der Waals surface area contributed by atoms with E-state index in [1.807, 2.05) is 30.8 Å². The Morgan fingerprint density at radius 3 is 2.91 bits per heavy atom. The first-order chi connectivity index (χ1) is 10.5. The zero-order valence-corrected chi connectivity index (χ0v) is 13.6. The van der Waals surface area contributed by atoms with Crippen LogP contribution in [0.3, 0.4) is 0 Å². The van der Waals surface area contributed by atoms with Gasteiger partial charge in [-0.05, 0) is 13.8 Å². The molecule has 1 aliphatic heterocycles. The van der Waals surface area contributed by atoms with Crippen molar-refractivity contribution in [2.45, 2.75) is 33.0 Å². The van der Waals surface area contributed by atoms with Crippen LogP contribution in [0.25, 0.3) is 0 Å². The first-order valence-electron chi connectivity index (χ1n) is 7.36. The lowest BCUT2D eigenvalue weighted by molar-refractivity contribution is 0.200. The van der Waals surface area contributed by atoms with Crippen molar-refractivity contribution in [1.82, 2.24) is 19.8 Å². The highest BCUT2D eigenvalue weighted by molar-refractivity contribution is 7.91. The summed E-state index contributed by atoms with van der Waals surface area (Å²) in [7, 11) is -3.02. The van der Waals surface area contributed by atoms with Gasteiger partial charge in [-0.1, -0.05) is 5.16 Å². The summed E-state index contributed by atoms with van der Waals surface area (Å²) in [6, 6.07) is 1.70. The molecule has 0 N–H and O–H groups in total. The molecule has 0 spiro atoms. The third kappa shape index (κ3) is 3.22. The lowest BCUT2D eigenvalue weighted by Gasteiger charge is -2.34. The van der Waals surface area contributed by atoms with E-state index in [9.17, 15) is 8.42 Å². The molecule has 22 heavy (non-hydrogen) atoms. The topological polar surface area (TPSA) is 81.2 Å². The summed E-state index contributed by atoms with van der Waals surface area (Å²) in [5, 5.41) is 8.27. The minimum Gasteiger partial charge on any atom is -0.361 e. The van der Waals surface area contributed by atoms with Gasteiger partial charge in [0.05, 0.1) is 29.4 Å². The van der Waals surface area contributed by atoms with E-state index < -0.39 is 9.84 Å². The molecule has 120 valence electrons. The third-order valence-electron chi connectivity index (χ3n) is 3.95. The first-order valence-corrected chi connectivity index (χ1v) is 9.18. The van der Waals surface area contributed by atoms with E-state index in [1.54, 1.807) is 6.20 Å². The predicted octanol–water partition coefficient (Wildman–Crippen LogP) is 1.17. The monoisotopic (exact) mass is 324 g/mol. The van der Waals surface area contributed by atoms with Gasteiger partial charge < -0.3 is 4.52 Å². The standard InChI is InChI=1S/C14H20N4O3S/c1-3-18-8-12(7-15-18)14-10-22(19,20)5-4-17(14)9-13-6-11(2)21-16-13/h6-8,14H,3-5,9-10H2,1-2H3. The molecular weight excluding hydrogens is 304 g/mol. The molecule has 0 radical (unpaired) electrons. The second kappa shape index (κ2) is 5.85. The minimum absolute atomic E-state index is 0.124. The lowest BCUT2D eigenvalue weighted by atomic mass is 10.1. The molecule has 0 saturated carbocycles. The van der Waals surface area contributed by atoms with E-state index in [0.29, 0.717) is 13.1 Å². The Kier molecular flexibility index (Phi) is 4.05. The van der Waals surface area contributed by atoms with Crippen LogP contribution in [0.5, 0.6) is 0 Å². The Morgan fingerprint density at radius 1 is 1.45 bits per heavy atom. The Bertz CT molecular complexity index is 750. The summed E-state index contributed by atoms with van der Waals surface area (Å²) in [4.78, 5) is 2.13. The SMILES string of the molecule is CCn1cc(C2CS(=O)(=O)CCN2Cc2cc(C)on2)cn1. The van der Waals surface area contributed by atoms with Gasteiger partial charge in [0.2, 0.25) is 0 Å². The Morgan fingerprint density at radius 2 is 2.27 bits per heavy atom. The zero-order chi connectivity index (χ0) is 15.7. The number of aromatic nitrogens is 3. The first kappa shape index (κ1) is 15.2. The maximum atomic E-state index is 12.0. The predicted molar refractivity (Wildman–Crippen MR) is 80.9 cm³/mol. The van der Waals surface area contributed by atoms with E-state index in [2.05, 4.69) is 15.2 Å². The van der Waals surface area contributed by atoms with Gasteiger partial charge in [-0.25, -0.2) is 8.42 Å². The van der Waals surface area contributed by atoms with E-state index in [1.165, 1.54) is 0 Å². The van der Waals surface area contributed by atoms with E-state index >= 15 is 0 Å². The lowest BCUT2D eigenvalue weighted by Crippen LogP contribution is -2.42. The molecule has 3 rings (SSSR count). The van der Waals surface area contributed by atoms with Crippen molar-refractivity contribution in [2.24, 2.45) is 0 Å². The number of hydrogen-bond donors (Lipinski definition) is 0. The molecule has 8 heteroatoms. The van der Waals surface area contributed by atoms with Crippen LogP contribution in [0.15, 0.2) is 23.0 Å². The largest absolute Gasteiger partial charge is 0.361 e. The third-order valence-corrected chi connectivity index (χ3v) is 5.57. The van der Waals surface area contributed by atoms with Crippen LogP contribution >= 0.6 is 0 Å². The zero-order valence-electron chi connectivity index (χ0n) is 12.8. The van der Waals surface area contributed by atoms with Crippen LogP contribution < -0.4 is 0 Å². The second-order valence-corrected chi connectivity index (χ2v) is 7.89. The van der Waals surface area contributed by atoms with Gasteiger partial charge in [0, 0.05) is 37.5 Å². The molecule has 2 aromatic rings. The van der Waals surface area contributed by atoms with Crippen molar-refractivity contribution >= 4 is 9.84 Å². The summed E-state index contributed by atoms with van der Waals surface area (Å²) < 4.78 is 31.0. The van der Waals surface area contributed by atoms with Gasteiger partial charge in [-0.15, -0.1) is 0 Å². The molecule has 2 aromatic heterocycles. The summed E-state index contributed by atoms with van der Waals surface area (Å²) in [6.07, 6.45) is 3.68. The smallest absolute Gasteiger partial charge is 0.153 e. The van der Waals surface area contributed by atoms with Crippen molar-refractivity contribution in [3.05, 3.63) is 35.5 Å². The van der Waals surface area contributed by atoms with Crippen LogP contribution in [0.4, 0.5) is 0 Å². The van der Waals surface area contributed by atoms with Gasteiger partial charge in [0.25, 0.3) is 0 Å². The molecule has 3 heterocycles.